The van der Waals surface area contributed by atoms with Gasteiger partial charge in [0.05, 0.1) is 30.9 Å². The predicted octanol–water partition coefficient (Wildman–Crippen LogP) is 5.67. The molecule has 3 N–H and O–H groups in total. The van der Waals surface area contributed by atoms with Crippen molar-refractivity contribution in [2.24, 2.45) is 5.92 Å². The zero-order valence-corrected chi connectivity index (χ0v) is 21.3. The standard InChI is InChI=1S/C29H33N5O3/c1-20(2)11-15-37-25-9-4-3-8-24(25)32-28-27-21(10-12-30-29(27)35)18-26(33-28)31-22-6-5-7-23(19-22)34-13-16-36-17-14-34/h3-10,12,18-20H,11,13-17H2,1-2H3,(H,30,35)(H2,31,32,33). The van der Waals surface area contributed by atoms with E-state index in [0.717, 1.165) is 60.9 Å². The van der Waals surface area contributed by atoms with E-state index in [9.17, 15) is 4.79 Å². The molecule has 3 heterocycles. The molecule has 8 nitrogen and oxygen atoms in total. The summed E-state index contributed by atoms with van der Waals surface area (Å²) in [5.41, 5.74) is 2.61. The summed E-state index contributed by atoms with van der Waals surface area (Å²) in [5, 5.41) is 8.07. The summed E-state index contributed by atoms with van der Waals surface area (Å²) in [4.78, 5) is 22.7. The number of morpholine rings is 1. The number of fused-ring (bicyclic) bond motifs is 1. The zero-order valence-electron chi connectivity index (χ0n) is 21.3. The van der Waals surface area contributed by atoms with Crippen LogP contribution in [0.15, 0.2) is 71.7 Å². The van der Waals surface area contributed by atoms with Crippen molar-refractivity contribution in [3.63, 3.8) is 0 Å². The molecule has 2 aromatic carbocycles. The smallest absolute Gasteiger partial charge is 0.259 e. The predicted molar refractivity (Wildman–Crippen MR) is 150 cm³/mol. The molecule has 0 unspecified atom stereocenters. The lowest BCUT2D eigenvalue weighted by Gasteiger charge is -2.29. The highest BCUT2D eigenvalue weighted by Crippen LogP contribution is 2.32. The summed E-state index contributed by atoms with van der Waals surface area (Å²) in [6, 6.07) is 19.8. The molecule has 0 spiro atoms. The summed E-state index contributed by atoms with van der Waals surface area (Å²) in [7, 11) is 0. The third-order valence-electron chi connectivity index (χ3n) is 6.34. The highest BCUT2D eigenvalue weighted by Gasteiger charge is 2.14. The highest BCUT2D eigenvalue weighted by molar-refractivity contribution is 5.95. The SMILES string of the molecule is CC(C)CCOc1ccccc1Nc1nc(Nc2cccc(N3CCOCC3)c2)cc2cc[nH]c(=O)c12. The van der Waals surface area contributed by atoms with Crippen LogP contribution >= 0.6 is 0 Å². The molecular weight excluding hydrogens is 466 g/mol. The van der Waals surface area contributed by atoms with Crippen LogP contribution in [0.3, 0.4) is 0 Å². The lowest BCUT2D eigenvalue weighted by Crippen LogP contribution is -2.36. The van der Waals surface area contributed by atoms with Gasteiger partial charge in [-0.3, -0.25) is 4.79 Å². The van der Waals surface area contributed by atoms with Gasteiger partial charge in [-0.15, -0.1) is 0 Å². The second-order valence-corrected chi connectivity index (χ2v) is 9.55. The Kier molecular flexibility index (Phi) is 7.56. The molecule has 2 aromatic heterocycles. The molecule has 0 bridgehead atoms. The Morgan fingerprint density at radius 1 is 1.05 bits per heavy atom. The van der Waals surface area contributed by atoms with Crippen LogP contribution in [0, 0.1) is 5.92 Å². The number of aromatic nitrogens is 2. The zero-order chi connectivity index (χ0) is 25.6. The van der Waals surface area contributed by atoms with E-state index in [4.69, 9.17) is 14.5 Å². The maximum Gasteiger partial charge on any atom is 0.259 e. The van der Waals surface area contributed by atoms with Gasteiger partial charge >= 0.3 is 0 Å². The van der Waals surface area contributed by atoms with Crippen molar-refractivity contribution in [1.82, 2.24) is 9.97 Å². The van der Waals surface area contributed by atoms with E-state index in [2.05, 4.69) is 46.5 Å². The average Bonchev–Trinajstić information content (AvgIpc) is 2.90. The van der Waals surface area contributed by atoms with E-state index >= 15 is 0 Å². The molecule has 1 aliphatic rings. The summed E-state index contributed by atoms with van der Waals surface area (Å²) in [6.07, 6.45) is 2.61. The molecule has 0 amide bonds. The fourth-order valence-electron chi connectivity index (χ4n) is 4.35. The first-order valence-electron chi connectivity index (χ1n) is 12.8. The molecule has 0 radical (unpaired) electrons. The Morgan fingerprint density at radius 2 is 1.89 bits per heavy atom. The largest absolute Gasteiger partial charge is 0.491 e. The van der Waals surface area contributed by atoms with Crippen LogP contribution in [-0.4, -0.2) is 42.9 Å². The molecule has 0 saturated carbocycles. The Hall–Kier alpha value is -4.04. The first-order chi connectivity index (χ1) is 18.1. The summed E-state index contributed by atoms with van der Waals surface area (Å²) in [6.45, 7) is 8.16. The van der Waals surface area contributed by atoms with Gasteiger partial charge < -0.3 is 30.0 Å². The molecule has 37 heavy (non-hydrogen) atoms. The van der Waals surface area contributed by atoms with Gasteiger partial charge in [0.15, 0.2) is 0 Å². The quantitative estimate of drug-likeness (QED) is 0.273. The summed E-state index contributed by atoms with van der Waals surface area (Å²) >= 11 is 0. The van der Waals surface area contributed by atoms with Gasteiger partial charge in [0.25, 0.3) is 5.56 Å². The normalized spacial score (nSPS) is 13.6. The molecule has 0 atom stereocenters. The lowest BCUT2D eigenvalue weighted by molar-refractivity contribution is 0.122. The number of nitrogens with one attached hydrogen (secondary N) is 3. The number of hydrogen-bond donors (Lipinski definition) is 3. The van der Waals surface area contributed by atoms with Crippen LogP contribution in [0.2, 0.25) is 0 Å². The van der Waals surface area contributed by atoms with Gasteiger partial charge in [0, 0.05) is 30.7 Å². The van der Waals surface area contributed by atoms with Crippen LogP contribution in [-0.2, 0) is 4.74 Å². The van der Waals surface area contributed by atoms with Gasteiger partial charge in [0.1, 0.15) is 17.4 Å². The molecule has 1 aliphatic heterocycles. The van der Waals surface area contributed by atoms with Crippen LogP contribution in [0.25, 0.3) is 10.8 Å². The number of aromatic amines is 1. The Labute approximate surface area is 216 Å². The third kappa shape index (κ3) is 6.03. The van der Waals surface area contributed by atoms with E-state index in [-0.39, 0.29) is 5.56 Å². The minimum atomic E-state index is -0.202. The number of benzene rings is 2. The van der Waals surface area contributed by atoms with Crippen LogP contribution in [0.5, 0.6) is 5.75 Å². The first kappa shape index (κ1) is 24.6. The average molecular weight is 500 g/mol. The second kappa shape index (κ2) is 11.3. The number of hydrogen-bond acceptors (Lipinski definition) is 7. The van der Waals surface area contributed by atoms with E-state index < -0.39 is 0 Å². The molecule has 1 fully saturated rings. The number of para-hydroxylation sites is 2. The third-order valence-corrected chi connectivity index (χ3v) is 6.34. The molecule has 8 heteroatoms. The van der Waals surface area contributed by atoms with Gasteiger partial charge in [-0.2, -0.15) is 0 Å². The van der Waals surface area contributed by atoms with E-state index in [1.165, 1.54) is 0 Å². The molecule has 0 aliphatic carbocycles. The van der Waals surface area contributed by atoms with E-state index in [1.54, 1.807) is 6.20 Å². The number of rotatable bonds is 9. The number of pyridine rings is 2. The lowest BCUT2D eigenvalue weighted by atomic mass is 10.1. The summed E-state index contributed by atoms with van der Waals surface area (Å²) < 4.78 is 11.5. The molecule has 192 valence electrons. The monoisotopic (exact) mass is 499 g/mol. The van der Waals surface area contributed by atoms with Crippen LogP contribution in [0.4, 0.5) is 28.7 Å². The van der Waals surface area contributed by atoms with Crippen molar-refractivity contribution >= 4 is 39.5 Å². The molecular formula is C29H33N5O3. The molecule has 1 saturated heterocycles. The minimum absolute atomic E-state index is 0.202. The van der Waals surface area contributed by atoms with Crippen molar-refractivity contribution in [2.75, 3.05) is 48.4 Å². The van der Waals surface area contributed by atoms with Crippen molar-refractivity contribution in [3.05, 3.63) is 77.2 Å². The topological polar surface area (TPSA) is 91.5 Å². The first-order valence-corrected chi connectivity index (χ1v) is 12.8. The highest BCUT2D eigenvalue weighted by atomic mass is 16.5. The fraction of sp³-hybridized carbons (Fsp3) is 0.310. The van der Waals surface area contributed by atoms with Gasteiger partial charge in [-0.25, -0.2) is 4.98 Å². The number of anilines is 5. The maximum absolute atomic E-state index is 12.8. The molecule has 4 aromatic rings. The Morgan fingerprint density at radius 3 is 2.73 bits per heavy atom. The summed E-state index contributed by atoms with van der Waals surface area (Å²) in [5.74, 6) is 2.37. The van der Waals surface area contributed by atoms with Gasteiger partial charge in [0.2, 0.25) is 0 Å². The Bertz CT molecular complexity index is 1410. The van der Waals surface area contributed by atoms with Crippen LogP contribution in [0.1, 0.15) is 20.3 Å². The number of ether oxygens (including phenoxy) is 2. The fourth-order valence-corrected chi connectivity index (χ4v) is 4.35. The maximum atomic E-state index is 12.8. The number of H-pyrrole nitrogens is 1. The Balaban J connectivity index is 1.45. The number of nitrogens with zero attached hydrogens (tertiary/aromatic N) is 2. The van der Waals surface area contributed by atoms with Crippen molar-refractivity contribution in [1.29, 1.82) is 0 Å². The van der Waals surface area contributed by atoms with E-state index in [0.29, 0.717) is 29.5 Å². The van der Waals surface area contributed by atoms with E-state index in [1.807, 2.05) is 48.5 Å². The van der Waals surface area contributed by atoms with Gasteiger partial charge in [-0.05, 0) is 60.2 Å². The van der Waals surface area contributed by atoms with Crippen molar-refractivity contribution in [2.45, 2.75) is 20.3 Å². The molecule has 5 rings (SSSR count). The second-order valence-electron chi connectivity index (χ2n) is 9.55. The van der Waals surface area contributed by atoms with Crippen molar-refractivity contribution in [3.8, 4) is 5.75 Å². The van der Waals surface area contributed by atoms with Crippen LogP contribution < -0.4 is 25.8 Å². The van der Waals surface area contributed by atoms with Gasteiger partial charge in [-0.1, -0.05) is 32.0 Å². The minimum Gasteiger partial charge on any atom is -0.491 e. The van der Waals surface area contributed by atoms with Crippen molar-refractivity contribution < 1.29 is 9.47 Å².